The zero-order valence-corrected chi connectivity index (χ0v) is 10.9. The first-order chi connectivity index (χ1) is 8.06. The number of amides is 1. The van der Waals surface area contributed by atoms with E-state index in [1.54, 1.807) is 0 Å². The van der Waals surface area contributed by atoms with Crippen LogP contribution in [0.5, 0.6) is 0 Å². The molecule has 17 heavy (non-hydrogen) atoms. The van der Waals surface area contributed by atoms with Crippen molar-refractivity contribution < 1.29 is 14.0 Å². The zero-order chi connectivity index (χ0) is 12.6. The van der Waals surface area contributed by atoms with E-state index >= 15 is 0 Å². The summed E-state index contributed by atoms with van der Waals surface area (Å²) in [5.41, 5.74) is 0.273. The Morgan fingerprint density at radius 3 is 2.71 bits per heavy atom. The van der Waals surface area contributed by atoms with Gasteiger partial charge < -0.3 is 4.90 Å². The number of carbonyl (C=O) groups is 2. The first kappa shape index (κ1) is 12.2. The highest BCUT2D eigenvalue weighted by Gasteiger charge is 2.37. The van der Waals surface area contributed by atoms with Gasteiger partial charge in [-0.3, -0.25) is 9.59 Å². The average Bonchev–Trinajstić information content (AvgIpc) is 2.51. The number of unbranched alkanes of at least 4 members (excludes halogenated alkanes) is 1. The molecule has 1 aliphatic heterocycles. The fourth-order valence-electron chi connectivity index (χ4n) is 1.88. The summed E-state index contributed by atoms with van der Waals surface area (Å²) in [5.74, 6) is -1.80. The van der Waals surface area contributed by atoms with Gasteiger partial charge in [0.1, 0.15) is 5.82 Å². The van der Waals surface area contributed by atoms with E-state index in [0.717, 1.165) is 12.8 Å². The fraction of sp³-hybridized carbons (Fsp3) is 0.333. The second-order valence-corrected chi connectivity index (χ2v) is 4.84. The van der Waals surface area contributed by atoms with Crippen LogP contribution in [0.15, 0.2) is 16.6 Å². The Balaban J connectivity index is 2.48. The van der Waals surface area contributed by atoms with Crippen LogP contribution in [0.2, 0.25) is 0 Å². The molecule has 5 heteroatoms. The zero-order valence-electron chi connectivity index (χ0n) is 9.30. The van der Waals surface area contributed by atoms with Gasteiger partial charge in [0.25, 0.3) is 11.7 Å². The number of rotatable bonds is 3. The van der Waals surface area contributed by atoms with Gasteiger partial charge in [0, 0.05) is 11.0 Å². The van der Waals surface area contributed by atoms with E-state index in [9.17, 15) is 14.0 Å². The van der Waals surface area contributed by atoms with Crippen molar-refractivity contribution in [3.8, 4) is 0 Å². The third-order valence-corrected chi connectivity index (χ3v) is 3.18. The van der Waals surface area contributed by atoms with Gasteiger partial charge in [-0.1, -0.05) is 29.3 Å². The van der Waals surface area contributed by atoms with Crippen LogP contribution in [-0.4, -0.2) is 18.2 Å². The highest BCUT2D eigenvalue weighted by Crippen LogP contribution is 2.34. The van der Waals surface area contributed by atoms with Gasteiger partial charge in [-0.2, -0.15) is 0 Å². The first-order valence-corrected chi connectivity index (χ1v) is 6.20. The minimum atomic E-state index is -0.634. The molecule has 1 heterocycles. The predicted molar refractivity (Wildman–Crippen MR) is 65.7 cm³/mol. The summed E-state index contributed by atoms with van der Waals surface area (Å²) in [7, 11) is 0. The Morgan fingerprint density at radius 2 is 2.06 bits per heavy atom. The maximum Gasteiger partial charge on any atom is 0.299 e. The summed E-state index contributed by atoms with van der Waals surface area (Å²) in [6.07, 6.45) is 1.62. The standard InChI is InChI=1S/C12H11BrFNO2/c1-2-3-4-15-10-8(11(16)12(15)17)5-7(13)6-9(10)14/h5-6H,2-4H2,1H3. The smallest absolute Gasteiger partial charge is 0.299 e. The normalized spacial score (nSPS) is 14.4. The number of Topliss-reactive ketones (excluding diaryl/α,β-unsaturated/α-hetero) is 1. The summed E-state index contributed by atoms with van der Waals surface area (Å²) >= 11 is 3.11. The molecule has 3 nitrogen and oxygen atoms in total. The van der Waals surface area contributed by atoms with Crippen LogP contribution in [0.25, 0.3) is 0 Å². The summed E-state index contributed by atoms with van der Waals surface area (Å²) in [4.78, 5) is 24.7. The molecule has 0 bridgehead atoms. The lowest BCUT2D eigenvalue weighted by molar-refractivity contribution is -0.114. The number of fused-ring (bicyclic) bond motifs is 1. The van der Waals surface area contributed by atoms with Gasteiger partial charge in [0.2, 0.25) is 0 Å². The highest BCUT2D eigenvalue weighted by atomic mass is 79.9. The maximum absolute atomic E-state index is 13.8. The molecule has 1 aliphatic rings. The quantitative estimate of drug-likeness (QED) is 0.805. The molecule has 90 valence electrons. The van der Waals surface area contributed by atoms with Crippen LogP contribution in [0.4, 0.5) is 10.1 Å². The van der Waals surface area contributed by atoms with Crippen LogP contribution in [0.1, 0.15) is 30.1 Å². The lowest BCUT2D eigenvalue weighted by Crippen LogP contribution is -2.31. The van der Waals surface area contributed by atoms with Crippen molar-refractivity contribution in [2.45, 2.75) is 19.8 Å². The molecule has 0 unspecified atom stereocenters. The Morgan fingerprint density at radius 1 is 1.35 bits per heavy atom. The molecule has 1 aromatic carbocycles. The lowest BCUT2D eigenvalue weighted by atomic mass is 10.1. The van der Waals surface area contributed by atoms with Gasteiger partial charge in [-0.15, -0.1) is 0 Å². The van der Waals surface area contributed by atoms with Gasteiger partial charge >= 0.3 is 0 Å². The van der Waals surface area contributed by atoms with Crippen molar-refractivity contribution in [3.63, 3.8) is 0 Å². The van der Waals surface area contributed by atoms with E-state index in [4.69, 9.17) is 0 Å². The number of carbonyl (C=O) groups excluding carboxylic acids is 2. The Hall–Kier alpha value is -1.23. The molecular weight excluding hydrogens is 289 g/mol. The van der Waals surface area contributed by atoms with Gasteiger partial charge in [-0.25, -0.2) is 4.39 Å². The van der Waals surface area contributed by atoms with Crippen LogP contribution >= 0.6 is 15.9 Å². The van der Waals surface area contributed by atoms with E-state index in [1.807, 2.05) is 6.92 Å². The summed E-state index contributed by atoms with van der Waals surface area (Å²) in [5, 5.41) is 0. The molecule has 0 atom stereocenters. The van der Waals surface area contributed by atoms with E-state index in [0.29, 0.717) is 11.0 Å². The number of hydrogen-bond donors (Lipinski definition) is 0. The second-order valence-electron chi connectivity index (χ2n) is 3.92. The Kier molecular flexibility index (Phi) is 3.28. The van der Waals surface area contributed by atoms with Crippen molar-refractivity contribution in [2.75, 3.05) is 11.4 Å². The minimum absolute atomic E-state index is 0.122. The van der Waals surface area contributed by atoms with E-state index < -0.39 is 17.5 Å². The van der Waals surface area contributed by atoms with Crippen molar-refractivity contribution in [1.82, 2.24) is 0 Å². The molecule has 0 aromatic heterocycles. The molecule has 0 N–H and O–H groups in total. The Labute approximate surface area is 107 Å². The highest BCUT2D eigenvalue weighted by molar-refractivity contribution is 9.10. The molecule has 0 saturated carbocycles. The van der Waals surface area contributed by atoms with Crippen molar-refractivity contribution >= 4 is 33.3 Å². The Bertz CT molecular complexity index is 502. The number of hydrogen-bond acceptors (Lipinski definition) is 2. The lowest BCUT2D eigenvalue weighted by Gasteiger charge is -2.16. The second kappa shape index (κ2) is 4.56. The molecule has 0 spiro atoms. The average molecular weight is 300 g/mol. The molecule has 0 saturated heterocycles. The first-order valence-electron chi connectivity index (χ1n) is 5.41. The summed E-state index contributed by atoms with van der Waals surface area (Å²) < 4.78 is 14.3. The summed E-state index contributed by atoms with van der Waals surface area (Å²) in [6, 6.07) is 2.76. The van der Waals surface area contributed by atoms with E-state index in [2.05, 4.69) is 15.9 Å². The van der Waals surface area contributed by atoms with Crippen molar-refractivity contribution in [1.29, 1.82) is 0 Å². The largest absolute Gasteiger partial charge is 0.302 e. The fourth-order valence-corrected chi connectivity index (χ4v) is 2.31. The topological polar surface area (TPSA) is 37.4 Å². The number of halogens is 2. The number of nitrogens with zero attached hydrogens (tertiary/aromatic N) is 1. The van der Waals surface area contributed by atoms with Crippen LogP contribution in [0, 0.1) is 5.82 Å². The number of benzene rings is 1. The van der Waals surface area contributed by atoms with Gasteiger partial charge in [0.15, 0.2) is 0 Å². The van der Waals surface area contributed by atoms with E-state index in [-0.39, 0.29) is 11.3 Å². The third-order valence-electron chi connectivity index (χ3n) is 2.72. The van der Waals surface area contributed by atoms with Gasteiger partial charge in [-0.05, 0) is 18.6 Å². The number of ketones is 1. The monoisotopic (exact) mass is 299 g/mol. The molecule has 0 radical (unpaired) electrons. The van der Waals surface area contributed by atoms with Crippen LogP contribution < -0.4 is 4.90 Å². The molecule has 0 aliphatic carbocycles. The molecule has 1 amide bonds. The minimum Gasteiger partial charge on any atom is -0.302 e. The van der Waals surface area contributed by atoms with Crippen molar-refractivity contribution in [3.05, 3.63) is 28.0 Å². The van der Waals surface area contributed by atoms with Crippen LogP contribution in [0.3, 0.4) is 0 Å². The molecule has 2 rings (SSSR count). The molecule has 0 fully saturated rings. The SMILES string of the molecule is CCCCN1C(=O)C(=O)c2cc(Br)cc(F)c21. The molecular formula is C12H11BrFNO2. The predicted octanol–water partition coefficient (Wildman–Crippen LogP) is 2.92. The maximum atomic E-state index is 13.8. The van der Waals surface area contributed by atoms with Crippen LogP contribution in [-0.2, 0) is 4.79 Å². The van der Waals surface area contributed by atoms with E-state index in [1.165, 1.54) is 17.0 Å². The van der Waals surface area contributed by atoms with Gasteiger partial charge in [0.05, 0.1) is 11.3 Å². The van der Waals surface area contributed by atoms with Crippen molar-refractivity contribution in [2.24, 2.45) is 0 Å². The number of anilines is 1. The summed E-state index contributed by atoms with van der Waals surface area (Å²) in [6.45, 7) is 2.36. The molecule has 1 aromatic rings. The third kappa shape index (κ3) is 1.99.